The number of methoxy groups -OCH3 is 1. The Morgan fingerprint density at radius 1 is 1.06 bits per heavy atom. The van der Waals surface area contributed by atoms with Gasteiger partial charge in [0.25, 0.3) is 0 Å². The molecule has 0 aromatic heterocycles. The summed E-state index contributed by atoms with van der Waals surface area (Å²) in [7, 11) is 1.91. The van der Waals surface area contributed by atoms with Gasteiger partial charge in [-0.2, -0.15) is 0 Å². The predicted octanol–water partition coefficient (Wildman–Crippen LogP) is 3.36. The van der Waals surface area contributed by atoms with Crippen LogP contribution in [-0.4, -0.2) is 26.3 Å². The molecule has 1 saturated heterocycles. The molecule has 0 bridgehead atoms. The summed E-state index contributed by atoms with van der Waals surface area (Å²) >= 11 is 0. The molecular weight excluding hydrogens is 222 g/mol. The summed E-state index contributed by atoms with van der Waals surface area (Å²) in [4.78, 5) is 0. The summed E-state index contributed by atoms with van der Waals surface area (Å²) in [5.74, 6) is 1.94. The van der Waals surface area contributed by atoms with Crippen molar-refractivity contribution in [2.45, 2.75) is 63.9 Å². The Hall–Kier alpha value is -0.0800. The third-order valence-corrected chi connectivity index (χ3v) is 6.09. The number of nitrogens with one attached hydrogen (secondary N) is 1. The minimum absolute atomic E-state index is 0.542. The van der Waals surface area contributed by atoms with E-state index < -0.39 is 0 Å². The quantitative estimate of drug-likeness (QED) is 0.812. The van der Waals surface area contributed by atoms with Crippen molar-refractivity contribution in [2.75, 3.05) is 20.2 Å². The summed E-state index contributed by atoms with van der Waals surface area (Å²) in [6.07, 6.45) is 13.4. The smallest absolute Gasteiger partial charge is 0.0576 e. The lowest BCUT2D eigenvalue weighted by molar-refractivity contribution is -0.0468. The van der Waals surface area contributed by atoms with E-state index in [1.807, 2.05) is 7.11 Å². The first-order valence-electron chi connectivity index (χ1n) is 8.07. The zero-order chi connectivity index (χ0) is 12.4. The van der Waals surface area contributed by atoms with E-state index in [1.54, 1.807) is 0 Å². The van der Waals surface area contributed by atoms with Gasteiger partial charge in [-0.1, -0.05) is 32.1 Å². The summed E-state index contributed by atoms with van der Waals surface area (Å²) in [5.41, 5.74) is 0.624. The van der Waals surface area contributed by atoms with Gasteiger partial charge in [0.05, 0.1) is 6.10 Å². The van der Waals surface area contributed by atoms with Gasteiger partial charge in [-0.25, -0.2) is 0 Å². The van der Waals surface area contributed by atoms with Gasteiger partial charge >= 0.3 is 0 Å². The van der Waals surface area contributed by atoms with Crippen LogP contribution < -0.4 is 5.32 Å². The van der Waals surface area contributed by atoms with E-state index in [0.29, 0.717) is 11.5 Å². The monoisotopic (exact) mass is 251 g/mol. The molecule has 2 aliphatic carbocycles. The number of hydrogen-bond donors (Lipinski definition) is 1. The highest BCUT2D eigenvalue weighted by atomic mass is 16.5. The molecule has 2 heteroatoms. The molecule has 2 nitrogen and oxygen atoms in total. The van der Waals surface area contributed by atoms with Crippen molar-refractivity contribution in [2.24, 2.45) is 17.3 Å². The van der Waals surface area contributed by atoms with Gasteiger partial charge in [-0.15, -0.1) is 0 Å². The van der Waals surface area contributed by atoms with Crippen LogP contribution in [0.15, 0.2) is 0 Å². The molecule has 0 aromatic carbocycles. The van der Waals surface area contributed by atoms with Gasteiger partial charge in [0.2, 0.25) is 0 Å². The van der Waals surface area contributed by atoms with Crippen LogP contribution in [0.1, 0.15) is 57.8 Å². The maximum absolute atomic E-state index is 5.71. The van der Waals surface area contributed by atoms with Crippen molar-refractivity contribution in [3.8, 4) is 0 Å². The molecule has 1 aliphatic heterocycles. The average Bonchev–Trinajstić information content (AvgIpc) is 2.93. The van der Waals surface area contributed by atoms with Crippen LogP contribution >= 0.6 is 0 Å². The molecule has 3 atom stereocenters. The van der Waals surface area contributed by atoms with E-state index in [0.717, 1.165) is 11.8 Å². The minimum Gasteiger partial charge on any atom is -0.381 e. The minimum atomic E-state index is 0.542. The Kier molecular flexibility index (Phi) is 3.95. The summed E-state index contributed by atoms with van der Waals surface area (Å²) in [6, 6.07) is 0. The lowest BCUT2D eigenvalue weighted by Crippen LogP contribution is -2.51. The van der Waals surface area contributed by atoms with E-state index in [2.05, 4.69) is 5.32 Å². The van der Waals surface area contributed by atoms with Crippen molar-refractivity contribution in [1.29, 1.82) is 0 Å². The van der Waals surface area contributed by atoms with Crippen molar-refractivity contribution < 1.29 is 4.74 Å². The maximum Gasteiger partial charge on any atom is 0.0576 e. The van der Waals surface area contributed by atoms with E-state index in [4.69, 9.17) is 4.74 Å². The average molecular weight is 251 g/mol. The molecule has 3 fully saturated rings. The van der Waals surface area contributed by atoms with Crippen LogP contribution in [-0.2, 0) is 4.74 Å². The van der Waals surface area contributed by atoms with Crippen molar-refractivity contribution in [3.05, 3.63) is 0 Å². The lowest BCUT2D eigenvalue weighted by Gasteiger charge is -2.51. The second-order valence-corrected chi connectivity index (χ2v) is 6.92. The SMILES string of the molecule is COC1CCCC2(CCNCC2C2CCCC2)C1. The van der Waals surface area contributed by atoms with Crippen molar-refractivity contribution in [1.82, 2.24) is 5.32 Å². The van der Waals surface area contributed by atoms with Gasteiger partial charge < -0.3 is 10.1 Å². The first-order valence-corrected chi connectivity index (χ1v) is 8.07. The Bertz CT molecular complexity index is 270. The van der Waals surface area contributed by atoms with E-state index >= 15 is 0 Å². The third kappa shape index (κ3) is 2.34. The second kappa shape index (κ2) is 5.50. The van der Waals surface area contributed by atoms with Crippen molar-refractivity contribution in [3.63, 3.8) is 0 Å². The Morgan fingerprint density at radius 2 is 1.89 bits per heavy atom. The molecule has 0 aromatic rings. The fourth-order valence-electron chi connectivity index (χ4n) is 5.13. The largest absolute Gasteiger partial charge is 0.381 e. The molecule has 1 spiro atoms. The molecule has 2 saturated carbocycles. The van der Waals surface area contributed by atoms with E-state index in [9.17, 15) is 0 Å². The number of rotatable bonds is 2. The Labute approximate surface area is 112 Å². The van der Waals surface area contributed by atoms with Crippen LogP contribution in [0.2, 0.25) is 0 Å². The molecule has 18 heavy (non-hydrogen) atoms. The standard InChI is InChI=1S/C16H29NO/c1-18-14-7-4-8-16(11-14)9-10-17-12-15(16)13-5-2-3-6-13/h13-15,17H,2-12H2,1H3. The van der Waals surface area contributed by atoms with Gasteiger partial charge in [0, 0.05) is 7.11 Å². The summed E-state index contributed by atoms with van der Waals surface area (Å²) in [6.45, 7) is 2.51. The third-order valence-electron chi connectivity index (χ3n) is 6.09. The van der Waals surface area contributed by atoms with Gasteiger partial charge in [-0.3, -0.25) is 0 Å². The Balaban J connectivity index is 1.76. The molecule has 3 rings (SSSR count). The normalized spacial score (nSPS) is 42.5. The molecule has 3 aliphatic rings. The molecule has 1 N–H and O–H groups in total. The zero-order valence-corrected chi connectivity index (χ0v) is 11.9. The highest BCUT2D eigenvalue weighted by molar-refractivity contribution is 4.99. The fourth-order valence-corrected chi connectivity index (χ4v) is 5.13. The first kappa shape index (κ1) is 12.9. The first-order chi connectivity index (χ1) is 8.84. The molecule has 1 heterocycles. The van der Waals surface area contributed by atoms with Crippen LogP contribution in [0.25, 0.3) is 0 Å². The predicted molar refractivity (Wildman–Crippen MR) is 74.6 cm³/mol. The van der Waals surface area contributed by atoms with Crippen LogP contribution in [0.4, 0.5) is 0 Å². The second-order valence-electron chi connectivity index (χ2n) is 6.92. The van der Waals surface area contributed by atoms with Crippen LogP contribution in [0.3, 0.4) is 0 Å². The highest BCUT2D eigenvalue weighted by Crippen LogP contribution is 2.52. The van der Waals surface area contributed by atoms with E-state index in [-0.39, 0.29) is 0 Å². The van der Waals surface area contributed by atoms with Gasteiger partial charge in [0.1, 0.15) is 0 Å². The highest BCUT2D eigenvalue weighted by Gasteiger charge is 2.47. The van der Waals surface area contributed by atoms with Crippen LogP contribution in [0, 0.1) is 17.3 Å². The van der Waals surface area contributed by atoms with Crippen molar-refractivity contribution >= 4 is 0 Å². The topological polar surface area (TPSA) is 21.3 Å². The molecule has 3 unspecified atom stereocenters. The molecule has 0 radical (unpaired) electrons. The van der Waals surface area contributed by atoms with Gasteiger partial charge in [-0.05, 0) is 56.0 Å². The van der Waals surface area contributed by atoms with Gasteiger partial charge in [0.15, 0.2) is 0 Å². The summed E-state index contributed by atoms with van der Waals surface area (Å²) < 4.78 is 5.71. The zero-order valence-electron chi connectivity index (χ0n) is 11.9. The maximum atomic E-state index is 5.71. The number of hydrogen-bond acceptors (Lipinski definition) is 2. The summed E-state index contributed by atoms with van der Waals surface area (Å²) in [5, 5.41) is 3.68. The Morgan fingerprint density at radius 3 is 2.67 bits per heavy atom. The lowest BCUT2D eigenvalue weighted by atomic mass is 9.58. The fraction of sp³-hybridized carbons (Fsp3) is 1.00. The van der Waals surface area contributed by atoms with Crippen LogP contribution in [0.5, 0.6) is 0 Å². The molecular formula is C16H29NO. The number of piperidine rings is 1. The molecule has 0 amide bonds. The van der Waals surface area contributed by atoms with E-state index in [1.165, 1.54) is 70.9 Å². The molecule has 104 valence electrons. The number of ether oxygens (including phenoxy) is 1.